The van der Waals surface area contributed by atoms with Gasteiger partial charge in [0, 0.05) is 13.6 Å². The van der Waals surface area contributed by atoms with E-state index in [9.17, 15) is 9.59 Å². The van der Waals surface area contributed by atoms with E-state index in [4.69, 9.17) is 0 Å². The van der Waals surface area contributed by atoms with Gasteiger partial charge in [-0.3, -0.25) is 9.59 Å². The molecule has 14 heavy (non-hydrogen) atoms. The van der Waals surface area contributed by atoms with Crippen LogP contribution in [0, 0.1) is 0 Å². The maximum Gasteiger partial charge on any atom is 0.290 e. The second-order valence-electron chi connectivity index (χ2n) is 3.51. The predicted octanol–water partition coefficient (Wildman–Crippen LogP) is 0.811. The molecule has 1 aliphatic rings. The molecule has 1 saturated heterocycles. The normalized spacial score (nSPS) is 21.8. The molecule has 1 heterocycles. The van der Waals surface area contributed by atoms with Crippen LogP contribution in [0.4, 0.5) is 0 Å². The number of nitrogens with zero attached hydrogens (tertiary/aromatic N) is 1. The summed E-state index contributed by atoms with van der Waals surface area (Å²) in [4.78, 5) is 24.3. The van der Waals surface area contributed by atoms with Crippen LogP contribution in [-0.4, -0.2) is 30.2 Å². The minimum atomic E-state index is -0.376. The van der Waals surface area contributed by atoms with Gasteiger partial charge in [-0.25, -0.2) is 0 Å². The second kappa shape index (κ2) is 3.25. The molecule has 1 atom stereocenters. The lowest BCUT2D eigenvalue weighted by molar-refractivity contribution is -0.139. The van der Waals surface area contributed by atoms with E-state index in [1.165, 1.54) is 4.90 Å². The van der Waals surface area contributed by atoms with Gasteiger partial charge in [-0.2, -0.15) is 0 Å². The number of benzene rings is 1. The summed E-state index contributed by atoms with van der Waals surface area (Å²) in [6.07, 6.45) is 0. The van der Waals surface area contributed by atoms with E-state index in [2.05, 4.69) is 0 Å². The summed E-state index contributed by atoms with van der Waals surface area (Å²) >= 11 is 0. The fourth-order valence-electron chi connectivity index (χ4n) is 1.72. The molecule has 3 heteroatoms. The van der Waals surface area contributed by atoms with Crippen molar-refractivity contribution >= 4 is 11.7 Å². The van der Waals surface area contributed by atoms with E-state index in [0.717, 1.165) is 5.56 Å². The average Bonchev–Trinajstić information content (AvgIpc) is 2.47. The van der Waals surface area contributed by atoms with Crippen LogP contribution in [0.25, 0.3) is 0 Å². The first kappa shape index (κ1) is 8.94. The number of carbonyl (C=O) groups excluding carboxylic acids is 2. The van der Waals surface area contributed by atoms with E-state index in [0.29, 0.717) is 6.54 Å². The third kappa shape index (κ3) is 1.31. The summed E-state index contributed by atoms with van der Waals surface area (Å²) < 4.78 is 0. The molecule has 1 aromatic rings. The van der Waals surface area contributed by atoms with Gasteiger partial charge < -0.3 is 4.90 Å². The van der Waals surface area contributed by atoms with Crippen LogP contribution in [0.1, 0.15) is 11.5 Å². The van der Waals surface area contributed by atoms with E-state index < -0.39 is 0 Å². The summed E-state index contributed by atoms with van der Waals surface area (Å²) in [5, 5.41) is 0. The number of Topliss-reactive ketones (excluding diaryl/α,β-unsaturated/α-hetero) is 1. The van der Waals surface area contributed by atoms with Gasteiger partial charge in [0.25, 0.3) is 5.91 Å². The Bertz CT molecular complexity index is 372. The summed E-state index contributed by atoms with van der Waals surface area (Å²) in [5.41, 5.74) is 0.926. The number of amides is 1. The number of rotatable bonds is 1. The highest BCUT2D eigenvalue weighted by molar-refractivity contribution is 6.40. The monoisotopic (exact) mass is 189 g/mol. The Morgan fingerprint density at radius 3 is 2.36 bits per heavy atom. The maximum absolute atomic E-state index is 11.5. The summed E-state index contributed by atoms with van der Waals surface area (Å²) in [6.45, 7) is 0.502. The van der Waals surface area contributed by atoms with Gasteiger partial charge in [0.1, 0.15) is 0 Å². The van der Waals surface area contributed by atoms with Gasteiger partial charge in [-0.1, -0.05) is 30.3 Å². The van der Waals surface area contributed by atoms with Crippen molar-refractivity contribution in [2.45, 2.75) is 5.92 Å². The van der Waals surface area contributed by atoms with Gasteiger partial charge in [0.2, 0.25) is 5.78 Å². The topological polar surface area (TPSA) is 37.4 Å². The van der Waals surface area contributed by atoms with E-state index in [1.54, 1.807) is 7.05 Å². The molecular formula is C11H11NO2. The first-order chi connectivity index (χ1) is 6.70. The van der Waals surface area contributed by atoms with Crippen LogP contribution in [0.15, 0.2) is 30.3 Å². The molecule has 0 N–H and O–H groups in total. The second-order valence-corrected chi connectivity index (χ2v) is 3.51. The smallest absolute Gasteiger partial charge is 0.290 e. The van der Waals surface area contributed by atoms with Gasteiger partial charge in [0.05, 0.1) is 5.92 Å². The molecule has 1 aromatic carbocycles. The molecule has 1 aliphatic heterocycles. The lowest BCUT2D eigenvalue weighted by Crippen LogP contribution is -2.22. The minimum absolute atomic E-state index is 0.270. The van der Waals surface area contributed by atoms with Crippen molar-refractivity contribution in [3.05, 3.63) is 35.9 Å². The van der Waals surface area contributed by atoms with Crippen molar-refractivity contribution in [2.24, 2.45) is 0 Å². The molecule has 0 spiro atoms. The SMILES string of the molecule is CN1CC(c2ccccc2)C(=O)C1=O. The van der Waals surface area contributed by atoms with E-state index in [-0.39, 0.29) is 17.6 Å². The zero-order chi connectivity index (χ0) is 10.1. The van der Waals surface area contributed by atoms with E-state index >= 15 is 0 Å². The van der Waals surface area contributed by atoms with Gasteiger partial charge in [-0.15, -0.1) is 0 Å². The minimum Gasteiger partial charge on any atom is -0.338 e. The number of carbonyl (C=O) groups is 2. The maximum atomic E-state index is 11.5. The summed E-state index contributed by atoms with van der Waals surface area (Å²) in [5.74, 6) is -0.939. The molecule has 0 aromatic heterocycles. The number of likely N-dealkylation sites (tertiary alicyclic amines) is 1. The van der Waals surface area contributed by atoms with Crippen molar-refractivity contribution in [3.63, 3.8) is 0 Å². The van der Waals surface area contributed by atoms with Crippen molar-refractivity contribution in [1.82, 2.24) is 4.90 Å². The van der Waals surface area contributed by atoms with Crippen LogP contribution < -0.4 is 0 Å². The molecule has 0 bridgehead atoms. The number of hydrogen-bond acceptors (Lipinski definition) is 2. The third-order valence-corrected chi connectivity index (χ3v) is 2.53. The van der Waals surface area contributed by atoms with Gasteiger partial charge in [0.15, 0.2) is 0 Å². The fraction of sp³-hybridized carbons (Fsp3) is 0.273. The predicted molar refractivity (Wildman–Crippen MR) is 51.8 cm³/mol. The summed E-state index contributed by atoms with van der Waals surface area (Å²) in [6, 6.07) is 9.43. The number of likely N-dealkylation sites (N-methyl/N-ethyl adjacent to an activating group) is 1. The molecule has 3 nitrogen and oxygen atoms in total. The Morgan fingerprint density at radius 1 is 1.21 bits per heavy atom. The third-order valence-electron chi connectivity index (χ3n) is 2.53. The van der Waals surface area contributed by atoms with Crippen molar-refractivity contribution in [1.29, 1.82) is 0 Å². The van der Waals surface area contributed by atoms with Crippen LogP contribution >= 0.6 is 0 Å². The Morgan fingerprint density at radius 2 is 1.86 bits per heavy atom. The molecule has 72 valence electrons. The first-order valence-corrected chi connectivity index (χ1v) is 4.54. The van der Waals surface area contributed by atoms with Crippen LogP contribution in [-0.2, 0) is 9.59 Å². The quantitative estimate of drug-likeness (QED) is 0.613. The zero-order valence-corrected chi connectivity index (χ0v) is 7.93. The van der Waals surface area contributed by atoms with Crippen molar-refractivity contribution < 1.29 is 9.59 Å². The highest BCUT2D eigenvalue weighted by atomic mass is 16.2. The standard InChI is InChI=1S/C11H11NO2/c1-12-7-9(10(13)11(12)14)8-5-3-2-4-6-8/h2-6,9H,7H2,1H3. The fourth-order valence-corrected chi connectivity index (χ4v) is 1.72. The molecule has 1 fully saturated rings. The molecule has 0 radical (unpaired) electrons. The molecule has 1 unspecified atom stereocenters. The van der Waals surface area contributed by atoms with E-state index in [1.807, 2.05) is 30.3 Å². The zero-order valence-electron chi connectivity index (χ0n) is 7.93. The molecular weight excluding hydrogens is 178 g/mol. The summed E-state index contributed by atoms with van der Waals surface area (Å²) in [7, 11) is 1.66. The molecule has 2 rings (SSSR count). The number of hydrogen-bond donors (Lipinski definition) is 0. The molecule has 0 saturated carbocycles. The number of ketones is 1. The Labute approximate surface area is 82.3 Å². The van der Waals surface area contributed by atoms with Crippen LogP contribution in [0.2, 0.25) is 0 Å². The Hall–Kier alpha value is -1.64. The molecule has 1 amide bonds. The van der Waals surface area contributed by atoms with Crippen LogP contribution in [0.5, 0.6) is 0 Å². The lowest BCUT2D eigenvalue weighted by Gasteiger charge is -2.08. The van der Waals surface area contributed by atoms with Crippen molar-refractivity contribution in [3.8, 4) is 0 Å². The lowest BCUT2D eigenvalue weighted by atomic mass is 9.97. The highest BCUT2D eigenvalue weighted by Crippen LogP contribution is 2.23. The van der Waals surface area contributed by atoms with Crippen LogP contribution in [0.3, 0.4) is 0 Å². The van der Waals surface area contributed by atoms with Gasteiger partial charge >= 0.3 is 0 Å². The molecule has 0 aliphatic carbocycles. The Kier molecular flexibility index (Phi) is 2.08. The van der Waals surface area contributed by atoms with Crippen molar-refractivity contribution in [2.75, 3.05) is 13.6 Å². The first-order valence-electron chi connectivity index (χ1n) is 4.54. The largest absolute Gasteiger partial charge is 0.338 e. The van der Waals surface area contributed by atoms with Gasteiger partial charge in [-0.05, 0) is 5.56 Å². The highest BCUT2D eigenvalue weighted by Gasteiger charge is 2.37. The average molecular weight is 189 g/mol. The Balaban J connectivity index is 2.30.